The van der Waals surface area contributed by atoms with Gasteiger partial charge in [-0.3, -0.25) is 0 Å². The summed E-state index contributed by atoms with van der Waals surface area (Å²) in [4.78, 5) is 0. The molecule has 0 spiro atoms. The van der Waals surface area contributed by atoms with E-state index >= 15 is 0 Å². The van der Waals surface area contributed by atoms with Crippen LogP contribution in [-0.4, -0.2) is 14.7 Å². The molecule has 1 aromatic carbocycles. The Bertz CT molecular complexity index is 746. The Morgan fingerprint density at radius 3 is 2.80 bits per heavy atom. The Hall–Kier alpha value is -2.13. The van der Waals surface area contributed by atoms with Crippen molar-refractivity contribution in [3.8, 4) is 0 Å². The van der Waals surface area contributed by atoms with Gasteiger partial charge < -0.3 is 5.11 Å². The predicted molar refractivity (Wildman–Crippen MR) is 79.8 cm³/mol. The average molecular weight is 266 g/mol. The molecule has 2 heterocycles. The highest BCUT2D eigenvalue weighted by Crippen LogP contribution is 2.23. The molecule has 3 heteroatoms. The maximum atomic E-state index is 10.5. The van der Waals surface area contributed by atoms with Crippen LogP contribution in [-0.2, 0) is 6.42 Å². The van der Waals surface area contributed by atoms with Gasteiger partial charge in [0.05, 0.1) is 17.8 Å². The van der Waals surface area contributed by atoms with Gasteiger partial charge in [-0.15, -0.1) is 0 Å². The highest BCUT2D eigenvalue weighted by molar-refractivity contribution is 5.54. The van der Waals surface area contributed by atoms with Crippen LogP contribution in [0.1, 0.15) is 28.4 Å². The third-order valence-electron chi connectivity index (χ3n) is 3.82. The van der Waals surface area contributed by atoms with Crippen molar-refractivity contribution in [3.63, 3.8) is 0 Å². The van der Waals surface area contributed by atoms with Crippen molar-refractivity contribution < 1.29 is 5.11 Å². The van der Waals surface area contributed by atoms with Gasteiger partial charge in [-0.05, 0) is 42.7 Å². The van der Waals surface area contributed by atoms with E-state index in [4.69, 9.17) is 0 Å². The Labute approximate surface area is 118 Å². The molecule has 0 fully saturated rings. The van der Waals surface area contributed by atoms with E-state index in [9.17, 15) is 5.11 Å². The van der Waals surface area contributed by atoms with Crippen LogP contribution < -0.4 is 0 Å². The summed E-state index contributed by atoms with van der Waals surface area (Å²) in [6, 6.07) is 12.2. The Morgan fingerprint density at radius 2 is 2.00 bits per heavy atom. The van der Waals surface area contributed by atoms with E-state index < -0.39 is 6.10 Å². The van der Waals surface area contributed by atoms with Gasteiger partial charge in [0.2, 0.25) is 0 Å². The molecule has 20 heavy (non-hydrogen) atoms. The van der Waals surface area contributed by atoms with Crippen LogP contribution in [0, 0.1) is 13.8 Å². The van der Waals surface area contributed by atoms with Crippen molar-refractivity contribution in [1.82, 2.24) is 9.61 Å². The van der Waals surface area contributed by atoms with Gasteiger partial charge in [0.25, 0.3) is 0 Å². The molecule has 1 N–H and O–H groups in total. The van der Waals surface area contributed by atoms with E-state index in [1.807, 2.05) is 24.4 Å². The SMILES string of the molecule is Cc1ccc(CC(O)c2cnn3ccccc23)cc1C. The molecule has 0 saturated carbocycles. The van der Waals surface area contributed by atoms with E-state index in [0.717, 1.165) is 16.6 Å². The fourth-order valence-corrected chi connectivity index (χ4v) is 2.47. The summed E-state index contributed by atoms with van der Waals surface area (Å²) in [5.41, 5.74) is 5.53. The number of rotatable bonds is 3. The highest BCUT2D eigenvalue weighted by Gasteiger charge is 2.14. The Morgan fingerprint density at radius 1 is 1.15 bits per heavy atom. The van der Waals surface area contributed by atoms with Gasteiger partial charge in [-0.1, -0.05) is 24.3 Å². The summed E-state index contributed by atoms with van der Waals surface area (Å²) >= 11 is 0. The maximum Gasteiger partial charge on any atom is 0.0867 e. The number of fused-ring (bicyclic) bond motifs is 1. The number of aliphatic hydroxyl groups is 1. The smallest absolute Gasteiger partial charge is 0.0867 e. The average Bonchev–Trinajstić information content (AvgIpc) is 2.87. The van der Waals surface area contributed by atoms with Gasteiger partial charge in [0.1, 0.15) is 0 Å². The topological polar surface area (TPSA) is 37.5 Å². The third kappa shape index (κ3) is 2.32. The fraction of sp³-hybridized carbons (Fsp3) is 0.235. The number of hydrogen-bond donors (Lipinski definition) is 1. The van der Waals surface area contributed by atoms with Crippen LogP contribution in [0.4, 0.5) is 0 Å². The summed E-state index contributed by atoms with van der Waals surface area (Å²) in [6.45, 7) is 4.20. The van der Waals surface area contributed by atoms with Crippen LogP contribution >= 0.6 is 0 Å². The van der Waals surface area contributed by atoms with Crippen LogP contribution in [0.15, 0.2) is 48.8 Å². The molecule has 0 aliphatic carbocycles. The minimum absolute atomic E-state index is 0.531. The normalized spacial score (nSPS) is 12.8. The van der Waals surface area contributed by atoms with Gasteiger partial charge in [0, 0.05) is 18.2 Å². The zero-order chi connectivity index (χ0) is 14.1. The molecule has 0 saturated heterocycles. The molecule has 0 aliphatic rings. The van der Waals surface area contributed by atoms with Crippen molar-refractivity contribution in [3.05, 3.63) is 71.0 Å². The minimum Gasteiger partial charge on any atom is -0.388 e. The molecule has 0 amide bonds. The summed E-state index contributed by atoms with van der Waals surface area (Å²) in [6.07, 6.45) is 3.72. The summed E-state index contributed by atoms with van der Waals surface area (Å²) in [7, 11) is 0. The number of nitrogens with zero attached hydrogens (tertiary/aromatic N) is 2. The minimum atomic E-state index is -0.531. The first-order valence-electron chi connectivity index (χ1n) is 6.81. The van der Waals surface area contributed by atoms with Gasteiger partial charge in [0.15, 0.2) is 0 Å². The van der Waals surface area contributed by atoms with Crippen LogP contribution in [0.2, 0.25) is 0 Å². The molecule has 1 unspecified atom stereocenters. The van der Waals surface area contributed by atoms with Gasteiger partial charge >= 0.3 is 0 Å². The van der Waals surface area contributed by atoms with E-state index in [1.54, 1.807) is 10.7 Å². The second-order valence-corrected chi connectivity index (χ2v) is 5.27. The van der Waals surface area contributed by atoms with E-state index in [1.165, 1.54) is 11.1 Å². The lowest BCUT2D eigenvalue weighted by Crippen LogP contribution is -2.02. The molecule has 2 aromatic heterocycles. The second-order valence-electron chi connectivity index (χ2n) is 5.27. The number of aryl methyl sites for hydroxylation is 2. The van der Waals surface area contributed by atoms with Crippen LogP contribution in [0.3, 0.4) is 0 Å². The monoisotopic (exact) mass is 266 g/mol. The number of aromatic nitrogens is 2. The molecule has 3 rings (SSSR count). The number of benzene rings is 1. The third-order valence-corrected chi connectivity index (χ3v) is 3.82. The lowest BCUT2D eigenvalue weighted by Gasteiger charge is -2.11. The van der Waals surface area contributed by atoms with E-state index in [2.05, 4.69) is 37.1 Å². The molecule has 0 bridgehead atoms. The lowest BCUT2D eigenvalue weighted by molar-refractivity contribution is 0.180. The van der Waals surface area contributed by atoms with Gasteiger partial charge in [-0.25, -0.2) is 4.52 Å². The quantitative estimate of drug-likeness (QED) is 0.790. The second kappa shape index (κ2) is 5.10. The molecule has 3 aromatic rings. The van der Waals surface area contributed by atoms with E-state index in [-0.39, 0.29) is 0 Å². The fourth-order valence-electron chi connectivity index (χ4n) is 2.47. The Balaban J connectivity index is 1.89. The lowest BCUT2D eigenvalue weighted by atomic mass is 9.99. The largest absolute Gasteiger partial charge is 0.388 e. The molecule has 102 valence electrons. The highest BCUT2D eigenvalue weighted by atomic mass is 16.3. The first-order chi connectivity index (χ1) is 9.65. The van der Waals surface area contributed by atoms with Crippen molar-refractivity contribution in [2.45, 2.75) is 26.4 Å². The number of pyridine rings is 1. The number of aliphatic hydroxyl groups excluding tert-OH is 1. The first kappa shape index (κ1) is 12.9. The van der Waals surface area contributed by atoms with Gasteiger partial charge in [-0.2, -0.15) is 5.10 Å². The molecule has 0 radical (unpaired) electrons. The standard InChI is InChI=1S/C17H18N2O/c1-12-6-7-14(9-13(12)2)10-17(20)15-11-18-19-8-4-3-5-16(15)19/h3-9,11,17,20H,10H2,1-2H3. The van der Waals surface area contributed by atoms with Crippen molar-refractivity contribution in [1.29, 1.82) is 0 Å². The van der Waals surface area contributed by atoms with Crippen molar-refractivity contribution in [2.75, 3.05) is 0 Å². The predicted octanol–water partition coefficient (Wildman–Crippen LogP) is 3.23. The zero-order valence-electron chi connectivity index (χ0n) is 11.7. The Kier molecular flexibility index (Phi) is 3.28. The molecule has 3 nitrogen and oxygen atoms in total. The van der Waals surface area contributed by atoms with Crippen molar-refractivity contribution in [2.24, 2.45) is 0 Å². The van der Waals surface area contributed by atoms with Crippen LogP contribution in [0.5, 0.6) is 0 Å². The molecular weight excluding hydrogens is 248 g/mol. The number of hydrogen-bond acceptors (Lipinski definition) is 2. The molecule has 1 atom stereocenters. The van der Waals surface area contributed by atoms with Crippen LogP contribution in [0.25, 0.3) is 5.52 Å². The van der Waals surface area contributed by atoms with E-state index in [0.29, 0.717) is 6.42 Å². The summed E-state index contributed by atoms with van der Waals surface area (Å²) in [5, 5.41) is 14.7. The molecular formula is C17H18N2O. The van der Waals surface area contributed by atoms with Crippen molar-refractivity contribution >= 4 is 5.52 Å². The zero-order valence-corrected chi connectivity index (χ0v) is 11.7. The summed E-state index contributed by atoms with van der Waals surface area (Å²) in [5.74, 6) is 0. The maximum absolute atomic E-state index is 10.5. The molecule has 0 aliphatic heterocycles. The first-order valence-corrected chi connectivity index (χ1v) is 6.81. The summed E-state index contributed by atoms with van der Waals surface area (Å²) < 4.78 is 1.79.